The highest BCUT2D eigenvalue weighted by Gasteiger charge is 2.26. The number of hydrogen-bond donors (Lipinski definition) is 2. The highest BCUT2D eigenvalue weighted by atomic mass is 16.2. The molecular weight excluding hydrogens is 132 g/mol. The standard InChI is InChI=1S/C5H10N4O/c1-5(2,3-6)9(8)4(7)10/h8H2,1-2H3,(H2,7,10). The number of nitrogens with two attached hydrogens (primary N) is 2. The summed E-state index contributed by atoms with van der Waals surface area (Å²) in [5, 5.41) is 9.12. The Kier molecular flexibility index (Phi) is 2.21. The average Bonchev–Trinajstić information content (AvgIpc) is 1.86. The predicted molar refractivity (Wildman–Crippen MR) is 35.3 cm³/mol. The zero-order valence-electron chi connectivity index (χ0n) is 5.96. The number of carbonyl (C=O) groups excluding carboxylic acids is 1. The van der Waals surface area contributed by atoms with Gasteiger partial charge in [0.25, 0.3) is 0 Å². The number of hydrogen-bond acceptors (Lipinski definition) is 3. The van der Waals surface area contributed by atoms with Crippen LogP contribution in [0, 0.1) is 11.3 Å². The second kappa shape index (κ2) is 2.54. The first-order valence-corrected chi connectivity index (χ1v) is 2.67. The average molecular weight is 142 g/mol. The largest absolute Gasteiger partial charge is 0.350 e. The van der Waals surface area contributed by atoms with E-state index in [4.69, 9.17) is 16.8 Å². The van der Waals surface area contributed by atoms with Crippen molar-refractivity contribution in [2.45, 2.75) is 19.4 Å². The van der Waals surface area contributed by atoms with Crippen LogP contribution in [0.15, 0.2) is 0 Å². The lowest BCUT2D eigenvalue weighted by Gasteiger charge is -2.25. The van der Waals surface area contributed by atoms with Crippen LogP contribution in [0.1, 0.15) is 13.8 Å². The summed E-state index contributed by atoms with van der Waals surface area (Å²) < 4.78 is 0. The molecule has 0 radical (unpaired) electrons. The van der Waals surface area contributed by atoms with Crippen LogP contribution < -0.4 is 11.6 Å². The smallest absolute Gasteiger partial charge is 0.330 e. The Morgan fingerprint density at radius 2 is 2.10 bits per heavy atom. The molecule has 4 N–H and O–H groups in total. The maximum Gasteiger partial charge on any atom is 0.330 e. The van der Waals surface area contributed by atoms with E-state index in [0.717, 1.165) is 0 Å². The molecule has 0 saturated carbocycles. The van der Waals surface area contributed by atoms with Gasteiger partial charge in [-0.15, -0.1) is 0 Å². The Labute approximate surface area is 59.2 Å². The van der Waals surface area contributed by atoms with Crippen LogP contribution in [0.4, 0.5) is 4.79 Å². The zero-order chi connectivity index (χ0) is 8.36. The lowest BCUT2D eigenvalue weighted by Crippen LogP contribution is -2.53. The van der Waals surface area contributed by atoms with Crippen molar-refractivity contribution in [3.63, 3.8) is 0 Å². The number of carbonyl (C=O) groups is 1. The van der Waals surface area contributed by atoms with Crippen molar-refractivity contribution in [3.8, 4) is 6.07 Å². The summed E-state index contributed by atoms with van der Waals surface area (Å²) in [5.41, 5.74) is 3.77. The van der Waals surface area contributed by atoms with E-state index < -0.39 is 11.6 Å². The summed E-state index contributed by atoms with van der Waals surface area (Å²) in [5.74, 6) is 5.14. The molecule has 0 heterocycles. The second-order valence-corrected chi connectivity index (χ2v) is 2.38. The van der Waals surface area contributed by atoms with Gasteiger partial charge in [0.2, 0.25) is 0 Å². The normalized spacial score (nSPS) is 10.2. The van der Waals surface area contributed by atoms with E-state index in [-0.39, 0.29) is 0 Å². The summed E-state index contributed by atoms with van der Waals surface area (Å²) >= 11 is 0. The Hall–Kier alpha value is -1.28. The molecule has 0 aliphatic carbocycles. The third-order valence-electron chi connectivity index (χ3n) is 1.11. The number of primary amides is 1. The second-order valence-electron chi connectivity index (χ2n) is 2.38. The van der Waals surface area contributed by atoms with Crippen LogP contribution in [-0.2, 0) is 0 Å². The van der Waals surface area contributed by atoms with Crippen LogP contribution in [0.25, 0.3) is 0 Å². The molecule has 0 aromatic rings. The summed E-state index contributed by atoms with van der Waals surface area (Å²) in [6.07, 6.45) is 0. The monoisotopic (exact) mass is 142 g/mol. The number of amides is 2. The molecule has 0 spiro atoms. The van der Waals surface area contributed by atoms with Crippen molar-refractivity contribution in [2.75, 3.05) is 0 Å². The van der Waals surface area contributed by atoms with E-state index in [1.807, 2.05) is 6.07 Å². The van der Waals surface area contributed by atoms with Gasteiger partial charge >= 0.3 is 6.03 Å². The molecule has 5 nitrogen and oxygen atoms in total. The third-order valence-corrected chi connectivity index (χ3v) is 1.11. The lowest BCUT2D eigenvalue weighted by molar-refractivity contribution is 0.172. The molecule has 0 aromatic carbocycles. The van der Waals surface area contributed by atoms with Crippen molar-refractivity contribution >= 4 is 6.03 Å². The van der Waals surface area contributed by atoms with Crippen molar-refractivity contribution < 1.29 is 4.79 Å². The molecule has 0 bridgehead atoms. The molecule has 0 saturated heterocycles. The Balaban J connectivity index is 4.37. The minimum Gasteiger partial charge on any atom is -0.350 e. The highest BCUT2D eigenvalue weighted by Crippen LogP contribution is 2.06. The summed E-state index contributed by atoms with van der Waals surface area (Å²) in [4.78, 5) is 10.4. The van der Waals surface area contributed by atoms with E-state index in [9.17, 15) is 4.79 Å². The van der Waals surface area contributed by atoms with Gasteiger partial charge in [-0.1, -0.05) is 0 Å². The Morgan fingerprint density at radius 1 is 1.70 bits per heavy atom. The number of rotatable bonds is 1. The third kappa shape index (κ3) is 1.60. The van der Waals surface area contributed by atoms with E-state index in [2.05, 4.69) is 0 Å². The predicted octanol–water partition coefficient (Wildman–Crippen LogP) is -0.457. The number of hydrazine groups is 1. The summed E-state index contributed by atoms with van der Waals surface area (Å²) in [6, 6.07) is 1.01. The fraction of sp³-hybridized carbons (Fsp3) is 0.600. The van der Waals surface area contributed by atoms with Gasteiger partial charge in [0.05, 0.1) is 6.07 Å². The van der Waals surface area contributed by atoms with E-state index in [1.54, 1.807) is 0 Å². The maximum absolute atomic E-state index is 10.4. The van der Waals surface area contributed by atoms with Crippen molar-refractivity contribution in [2.24, 2.45) is 11.6 Å². The zero-order valence-corrected chi connectivity index (χ0v) is 5.96. The van der Waals surface area contributed by atoms with Gasteiger partial charge in [0.15, 0.2) is 0 Å². The highest BCUT2D eigenvalue weighted by molar-refractivity contribution is 5.72. The topological polar surface area (TPSA) is 96.1 Å². The van der Waals surface area contributed by atoms with Crippen molar-refractivity contribution in [1.29, 1.82) is 5.26 Å². The van der Waals surface area contributed by atoms with Crippen LogP contribution in [-0.4, -0.2) is 16.6 Å². The molecule has 0 atom stereocenters. The molecule has 5 heteroatoms. The Morgan fingerprint density at radius 3 is 2.20 bits per heavy atom. The SMILES string of the molecule is CC(C)(C#N)N(N)C(N)=O. The van der Waals surface area contributed by atoms with Crippen LogP contribution in [0.3, 0.4) is 0 Å². The molecule has 0 fully saturated rings. The van der Waals surface area contributed by atoms with Gasteiger partial charge in [0.1, 0.15) is 5.54 Å². The van der Waals surface area contributed by atoms with Gasteiger partial charge in [-0.05, 0) is 13.8 Å². The van der Waals surface area contributed by atoms with Gasteiger partial charge in [0, 0.05) is 0 Å². The minimum absolute atomic E-state index is 0.688. The molecule has 0 unspecified atom stereocenters. The maximum atomic E-state index is 10.4. The van der Waals surface area contributed by atoms with Crippen molar-refractivity contribution in [1.82, 2.24) is 5.01 Å². The fourth-order valence-corrected chi connectivity index (χ4v) is 0.329. The van der Waals surface area contributed by atoms with Crippen LogP contribution in [0.5, 0.6) is 0 Å². The van der Waals surface area contributed by atoms with Crippen LogP contribution >= 0.6 is 0 Å². The van der Waals surface area contributed by atoms with Gasteiger partial charge in [-0.25, -0.2) is 15.6 Å². The Bertz CT molecular complexity index is 181. The van der Waals surface area contributed by atoms with Gasteiger partial charge in [-0.3, -0.25) is 0 Å². The minimum atomic E-state index is -1.04. The molecule has 0 rings (SSSR count). The molecule has 10 heavy (non-hydrogen) atoms. The first-order valence-electron chi connectivity index (χ1n) is 2.67. The molecular formula is C5H10N4O. The number of urea groups is 1. The molecule has 0 aliphatic heterocycles. The van der Waals surface area contributed by atoms with Gasteiger partial charge < -0.3 is 5.73 Å². The van der Waals surface area contributed by atoms with E-state index >= 15 is 0 Å². The number of nitriles is 1. The summed E-state index contributed by atoms with van der Waals surface area (Å²) in [6.45, 7) is 3.00. The summed E-state index contributed by atoms with van der Waals surface area (Å²) in [7, 11) is 0. The quantitative estimate of drug-likeness (QED) is 0.294. The van der Waals surface area contributed by atoms with Crippen LogP contribution in [0.2, 0.25) is 0 Å². The fourth-order valence-electron chi connectivity index (χ4n) is 0.329. The molecule has 56 valence electrons. The number of nitrogens with zero attached hydrogens (tertiary/aromatic N) is 2. The molecule has 0 aromatic heterocycles. The first kappa shape index (κ1) is 8.72. The lowest BCUT2D eigenvalue weighted by atomic mass is 10.1. The van der Waals surface area contributed by atoms with Gasteiger partial charge in [-0.2, -0.15) is 5.26 Å². The van der Waals surface area contributed by atoms with Crippen molar-refractivity contribution in [3.05, 3.63) is 0 Å². The van der Waals surface area contributed by atoms with E-state index in [1.165, 1.54) is 13.8 Å². The first-order chi connectivity index (χ1) is 4.41. The van der Waals surface area contributed by atoms with E-state index in [0.29, 0.717) is 5.01 Å². The molecule has 2 amide bonds. The molecule has 0 aliphatic rings.